The first-order valence-electron chi connectivity index (χ1n) is 5.58. The number of carbonyl (C=O) groups is 1. The number of amides is 1. The second-order valence-corrected chi connectivity index (χ2v) is 4.71. The average molecular weight is 294 g/mol. The van der Waals surface area contributed by atoms with Gasteiger partial charge in [-0.2, -0.15) is 0 Å². The first kappa shape index (κ1) is 14.0. The number of rotatable bonds is 4. The minimum atomic E-state index is -4.74. The molecule has 0 atom stereocenters. The number of carbonyl (C=O) groups excluding carboxylic acids is 1. The van der Waals surface area contributed by atoms with Crippen molar-refractivity contribution < 1.29 is 22.7 Å². The minimum absolute atomic E-state index is 0.269. The van der Waals surface area contributed by atoms with E-state index in [0.29, 0.717) is 5.88 Å². The van der Waals surface area contributed by atoms with Gasteiger partial charge in [-0.05, 0) is 37.1 Å². The zero-order valence-electron chi connectivity index (χ0n) is 9.76. The Balaban J connectivity index is 2.00. The van der Waals surface area contributed by atoms with Gasteiger partial charge in [-0.15, -0.1) is 24.8 Å². The number of halogens is 4. The molecule has 0 aliphatic heterocycles. The van der Waals surface area contributed by atoms with Crippen molar-refractivity contribution >= 4 is 17.5 Å². The molecule has 1 N–H and O–H groups in total. The lowest BCUT2D eigenvalue weighted by atomic mass is 10.2. The summed E-state index contributed by atoms with van der Waals surface area (Å²) in [5.41, 5.74) is -0.0781. The second-order valence-electron chi connectivity index (χ2n) is 4.44. The number of hydrogen-bond acceptors (Lipinski definition) is 2. The maximum absolute atomic E-state index is 12.0. The Morgan fingerprint density at radius 2 is 1.89 bits per heavy atom. The summed E-state index contributed by atoms with van der Waals surface area (Å²) in [6, 6.07) is 4.76. The second kappa shape index (κ2) is 4.92. The molecule has 3 nitrogen and oxygen atoms in total. The molecule has 1 aromatic carbocycles. The first-order valence-corrected chi connectivity index (χ1v) is 6.11. The Bertz CT molecular complexity index is 469. The van der Waals surface area contributed by atoms with Crippen LogP contribution in [0.2, 0.25) is 0 Å². The van der Waals surface area contributed by atoms with E-state index in [0.717, 1.165) is 25.0 Å². The van der Waals surface area contributed by atoms with Crippen molar-refractivity contribution in [2.45, 2.75) is 24.7 Å². The quantitative estimate of drug-likeness (QED) is 0.866. The van der Waals surface area contributed by atoms with Gasteiger partial charge in [-0.1, -0.05) is 0 Å². The molecule has 0 saturated heterocycles. The standard InChI is InChI=1S/C12H11ClF3NO2/c13-7-11(5-6-11)17-10(18)8-1-3-9(4-2-8)19-12(14,15)16/h1-4H,5-7H2,(H,17,18). The molecule has 0 bridgehead atoms. The molecule has 0 heterocycles. The molecule has 1 aliphatic rings. The van der Waals surface area contributed by atoms with Gasteiger partial charge in [0.15, 0.2) is 0 Å². The highest BCUT2D eigenvalue weighted by atomic mass is 35.5. The molecular formula is C12H11ClF3NO2. The average Bonchev–Trinajstić information content (AvgIpc) is 3.08. The molecule has 1 aliphatic carbocycles. The summed E-state index contributed by atoms with van der Waals surface area (Å²) in [6.45, 7) is 0. The van der Waals surface area contributed by atoms with Crippen molar-refractivity contribution in [1.29, 1.82) is 0 Å². The van der Waals surface area contributed by atoms with Crippen LogP contribution in [0, 0.1) is 0 Å². The van der Waals surface area contributed by atoms with Crippen LogP contribution in [0.1, 0.15) is 23.2 Å². The van der Waals surface area contributed by atoms with Crippen molar-refractivity contribution in [2.75, 3.05) is 5.88 Å². The zero-order chi connectivity index (χ0) is 14.1. The lowest BCUT2D eigenvalue weighted by Gasteiger charge is -2.14. The molecule has 0 spiro atoms. The molecule has 104 valence electrons. The van der Waals surface area contributed by atoms with Gasteiger partial charge < -0.3 is 10.1 Å². The van der Waals surface area contributed by atoms with Crippen molar-refractivity contribution in [3.8, 4) is 5.75 Å². The lowest BCUT2D eigenvalue weighted by molar-refractivity contribution is -0.274. The lowest BCUT2D eigenvalue weighted by Crippen LogP contribution is -2.38. The summed E-state index contributed by atoms with van der Waals surface area (Å²) < 4.78 is 39.6. The van der Waals surface area contributed by atoms with E-state index >= 15 is 0 Å². The highest BCUT2D eigenvalue weighted by Crippen LogP contribution is 2.36. The predicted molar refractivity (Wildman–Crippen MR) is 63.3 cm³/mol. The molecule has 0 aromatic heterocycles. The Hall–Kier alpha value is -1.43. The molecule has 0 unspecified atom stereocenters. The third-order valence-electron chi connectivity index (χ3n) is 2.84. The topological polar surface area (TPSA) is 38.3 Å². The van der Waals surface area contributed by atoms with Gasteiger partial charge in [0.1, 0.15) is 5.75 Å². The number of alkyl halides is 4. The third-order valence-corrected chi connectivity index (χ3v) is 3.35. The van der Waals surface area contributed by atoms with Gasteiger partial charge >= 0.3 is 6.36 Å². The minimum Gasteiger partial charge on any atom is -0.406 e. The van der Waals surface area contributed by atoms with Crippen LogP contribution in [-0.2, 0) is 0 Å². The largest absolute Gasteiger partial charge is 0.573 e. The van der Waals surface area contributed by atoms with E-state index in [-0.39, 0.29) is 22.8 Å². The summed E-state index contributed by atoms with van der Waals surface area (Å²) in [5.74, 6) is -0.382. The predicted octanol–water partition coefficient (Wildman–Crippen LogP) is 3.09. The molecule has 0 radical (unpaired) electrons. The summed E-state index contributed by atoms with van der Waals surface area (Å²) in [5, 5.41) is 2.77. The van der Waals surface area contributed by atoms with Gasteiger partial charge in [0.25, 0.3) is 5.91 Å². The molecule has 1 aromatic rings. The monoisotopic (exact) mass is 293 g/mol. The molecule has 19 heavy (non-hydrogen) atoms. The van der Waals surface area contributed by atoms with E-state index in [1.807, 2.05) is 0 Å². The fourth-order valence-electron chi connectivity index (χ4n) is 1.56. The molecule has 1 amide bonds. The van der Waals surface area contributed by atoms with E-state index in [2.05, 4.69) is 10.1 Å². The number of ether oxygens (including phenoxy) is 1. The van der Waals surface area contributed by atoms with Crippen LogP contribution < -0.4 is 10.1 Å². The zero-order valence-corrected chi connectivity index (χ0v) is 10.5. The van der Waals surface area contributed by atoms with Gasteiger partial charge in [-0.3, -0.25) is 4.79 Å². The number of hydrogen-bond donors (Lipinski definition) is 1. The molecule has 1 saturated carbocycles. The van der Waals surface area contributed by atoms with Crippen molar-refractivity contribution in [2.24, 2.45) is 0 Å². The summed E-state index contributed by atoms with van der Waals surface area (Å²) in [4.78, 5) is 11.8. The van der Waals surface area contributed by atoms with Crippen LogP contribution in [0.4, 0.5) is 13.2 Å². The van der Waals surface area contributed by atoms with Gasteiger partial charge in [0.2, 0.25) is 0 Å². The summed E-state index contributed by atoms with van der Waals surface area (Å²) in [7, 11) is 0. The van der Waals surface area contributed by atoms with Crippen LogP contribution in [0.5, 0.6) is 5.75 Å². The highest BCUT2D eigenvalue weighted by molar-refractivity contribution is 6.19. The highest BCUT2D eigenvalue weighted by Gasteiger charge is 2.43. The number of nitrogens with one attached hydrogen (secondary N) is 1. The Morgan fingerprint density at radius 1 is 1.32 bits per heavy atom. The fourth-order valence-corrected chi connectivity index (χ4v) is 1.90. The summed E-state index contributed by atoms with van der Waals surface area (Å²) >= 11 is 5.73. The van der Waals surface area contributed by atoms with Crippen LogP contribution in [0.25, 0.3) is 0 Å². The normalized spacial score (nSPS) is 16.8. The Kier molecular flexibility index (Phi) is 3.62. The van der Waals surface area contributed by atoms with Crippen molar-refractivity contribution in [3.05, 3.63) is 29.8 Å². The molecule has 1 fully saturated rings. The van der Waals surface area contributed by atoms with E-state index in [4.69, 9.17) is 11.6 Å². The summed E-state index contributed by atoms with van der Waals surface area (Å²) in [6.07, 6.45) is -3.10. The van der Waals surface area contributed by atoms with Crippen LogP contribution >= 0.6 is 11.6 Å². The Morgan fingerprint density at radius 3 is 2.32 bits per heavy atom. The fraction of sp³-hybridized carbons (Fsp3) is 0.417. The van der Waals surface area contributed by atoms with E-state index in [1.165, 1.54) is 12.1 Å². The van der Waals surface area contributed by atoms with Crippen LogP contribution in [-0.4, -0.2) is 23.7 Å². The van der Waals surface area contributed by atoms with E-state index in [1.54, 1.807) is 0 Å². The van der Waals surface area contributed by atoms with Crippen LogP contribution in [0.15, 0.2) is 24.3 Å². The first-order chi connectivity index (χ1) is 8.84. The van der Waals surface area contributed by atoms with Gasteiger partial charge in [-0.25, -0.2) is 0 Å². The maximum Gasteiger partial charge on any atom is 0.573 e. The van der Waals surface area contributed by atoms with Gasteiger partial charge in [0, 0.05) is 11.4 Å². The SMILES string of the molecule is O=C(NC1(CCl)CC1)c1ccc(OC(F)(F)F)cc1. The molecule has 7 heteroatoms. The van der Waals surface area contributed by atoms with Crippen LogP contribution in [0.3, 0.4) is 0 Å². The molecule has 2 rings (SSSR count). The van der Waals surface area contributed by atoms with E-state index in [9.17, 15) is 18.0 Å². The Labute approximate surface area is 112 Å². The number of benzene rings is 1. The van der Waals surface area contributed by atoms with Gasteiger partial charge in [0.05, 0.1) is 5.54 Å². The third kappa shape index (κ3) is 3.76. The van der Waals surface area contributed by atoms with Crippen molar-refractivity contribution in [3.63, 3.8) is 0 Å². The van der Waals surface area contributed by atoms with E-state index < -0.39 is 6.36 Å². The van der Waals surface area contributed by atoms with Crippen molar-refractivity contribution in [1.82, 2.24) is 5.32 Å². The maximum atomic E-state index is 12.0. The smallest absolute Gasteiger partial charge is 0.406 e. The molecular weight excluding hydrogens is 283 g/mol.